The molecule has 0 radical (unpaired) electrons. The Hall–Kier alpha value is -1.30. The van der Waals surface area contributed by atoms with E-state index in [1.165, 1.54) is 0 Å². The highest BCUT2D eigenvalue weighted by Crippen LogP contribution is 1.99. The molecule has 0 atom stereocenters. The van der Waals surface area contributed by atoms with Crippen LogP contribution < -0.4 is 11.5 Å². The lowest BCUT2D eigenvalue weighted by Crippen LogP contribution is -2.39. The van der Waals surface area contributed by atoms with E-state index in [2.05, 4.69) is 4.99 Å². The Kier molecular flexibility index (Phi) is 5.62. The molecule has 0 saturated heterocycles. The van der Waals surface area contributed by atoms with Crippen molar-refractivity contribution in [3.05, 3.63) is 0 Å². The monoisotopic (exact) mass is 201 g/mol. The Labute approximate surface area is 84.4 Å². The summed E-state index contributed by atoms with van der Waals surface area (Å²) in [6.45, 7) is 5.07. The third-order valence-electron chi connectivity index (χ3n) is 1.67. The zero-order valence-electron chi connectivity index (χ0n) is 8.95. The van der Waals surface area contributed by atoms with Crippen molar-refractivity contribution < 1.29 is 4.74 Å². The zero-order valence-corrected chi connectivity index (χ0v) is 8.95. The fourth-order valence-corrected chi connectivity index (χ4v) is 0.985. The molecule has 0 bridgehead atoms. The standard InChI is InChI=1S/C8H19N5O/c1-6(2)13(4-5-14-3)8(11)12-7(9)10/h6H,4-5H2,1-3H3,(H5,9,10,11,12). The highest BCUT2D eigenvalue weighted by molar-refractivity contribution is 5.91. The van der Waals surface area contributed by atoms with Crippen LogP contribution in [0.3, 0.4) is 0 Å². The third kappa shape index (κ3) is 4.66. The largest absolute Gasteiger partial charge is 0.383 e. The minimum Gasteiger partial charge on any atom is -0.383 e. The molecule has 0 aliphatic heterocycles. The van der Waals surface area contributed by atoms with Crippen LogP contribution in [0.4, 0.5) is 0 Å². The Morgan fingerprint density at radius 3 is 2.43 bits per heavy atom. The number of guanidine groups is 2. The lowest BCUT2D eigenvalue weighted by atomic mass is 10.3. The van der Waals surface area contributed by atoms with Gasteiger partial charge in [-0.15, -0.1) is 0 Å². The van der Waals surface area contributed by atoms with Crippen LogP contribution >= 0.6 is 0 Å². The minimum atomic E-state index is -0.0990. The number of nitrogens with two attached hydrogens (primary N) is 2. The van der Waals surface area contributed by atoms with E-state index in [0.717, 1.165) is 0 Å². The van der Waals surface area contributed by atoms with Crippen LogP contribution in [0.1, 0.15) is 13.8 Å². The number of rotatable bonds is 4. The highest BCUT2D eigenvalue weighted by atomic mass is 16.5. The lowest BCUT2D eigenvalue weighted by Gasteiger charge is -2.26. The summed E-state index contributed by atoms with van der Waals surface area (Å²) in [4.78, 5) is 5.43. The van der Waals surface area contributed by atoms with Crippen LogP contribution in [0.15, 0.2) is 4.99 Å². The number of ether oxygens (including phenoxy) is 1. The Bertz CT molecular complexity index is 210. The first-order chi connectivity index (χ1) is 6.49. The van der Waals surface area contributed by atoms with Crippen molar-refractivity contribution in [2.75, 3.05) is 20.3 Å². The average molecular weight is 201 g/mol. The number of nitrogens with one attached hydrogen (secondary N) is 1. The van der Waals surface area contributed by atoms with E-state index < -0.39 is 0 Å². The third-order valence-corrected chi connectivity index (χ3v) is 1.67. The van der Waals surface area contributed by atoms with Crippen molar-refractivity contribution in [1.82, 2.24) is 4.90 Å². The van der Waals surface area contributed by atoms with Crippen LogP contribution in [-0.4, -0.2) is 43.1 Å². The molecular weight excluding hydrogens is 182 g/mol. The number of hydrogen-bond acceptors (Lipinski definition) is 2. The predicted octanol–water partition coefficient (Wildman–Crippen LogP) is -0.449. The number of nitrogens with zero attached hydrogens (tertiary/aromatic N) is 2. The van der Waals surface area contributed by atoms with Gasteiger partial charge >= 0.3 is 0 Å². The maximum atomic E-state index is 7.61. The van der Waals surface area contributed by atoms with E-state index >= 15 is 0 Å². The zero-order chi connectivity index (χ0) is 11.1. The smallest absolute Gasteiger partial charge is 0.221 e. The molecule has 5 N–H and O–H groups in total. The van der Waals surface area contributed by atoms with Crippen molar-refractivity contribution in [2.24, 2.45) is 16.5 Å². The van der Waals surface area contributed by atoms with E-state index in [-0.39, 0.29) is 18.0 Å². The molecule has 0 unspecified atom stereocenters. The molecule has 0 aliphatic rings. The maximum Gasteiger partial charge on any atom is 0.221 e. The van der Waals surface area contributed by atoms with Gasteiger partial charge in [-0.05, 0) is 13.8 Å². The quantitative estimate of drug-likeness (QED) is 0.423. The molecule has 0 aromatic rings. The van der Waals surface area contributed by atoms with Crippen molar-refractivity contribution in [3.63, 3.8) is 0 Å². The molecule has 0 aromatic carbocycles. The average Bonchev–Trinajstić information content (AvgIpc) is 2.02. The fraction of sp³-hybridized carbons (Fsp3) is 0.750. The molecule has 0 aromatic heterocycles. The fourth-order valence-electron chi connectivity index (χ4n) is 0.985. The first-order valence-electron chi connectivity index (χ1n) is 4.42. The summed E-state index contributed by atoms with van der Waals surface area (Å²) < 4.78 is 4.93. The Morgan fingerprint density at radius 2 is 2.07 bits per heavy atom. The molecule has 6 nitrogen and oxygen atoms in total. The summed E-state index contributed by atoms with van der Waals surface area (Å²) in [6.07, 6.45) is 0. The normalized spacial score (nSPS) is 10.0. The summed E-state index contributed by atoms with van der Waals surface area (Å²) in [6, 6.07) is 0.167. The summed E-state index contributed by atoms with van der Waals surface area (Å²) in [5.41, 5.74) is 10.4. The molecule has 82 valence electrons. The summed E-state index contributed by atoms with van der Waals surface area (Å²) in [5.74, 6) is -0.0323. The molecule has 0 amide bonds. The Morgan fingerprint density at radius 1 is 1.50 bits per heavy atom. The first-order valence-corrected chi connectivity index (χ1v) is 4.42. The van der Waals surface area contributed by atoms with Gasteiger partial charge in [-0.1, -0.05) is 0 Å². The maximum absolute atomic E-state index is 7.61. The van der Waals surface area contributed by atoms with Gasteiger partial charge in [0.1, 0.15) is 0 Å². The molecule has 14 heavy (non-hydrogen) atoms. The van der Waals surface area contributed by atoms with Gasteiger partial charge in [0.05, 0.1) is 6.61 Å². The van der Waals surface area contributed by atoms with Crippen LogP contribution in [0.25, 0.3) is 0 Å². The van der Waals surface area contributed by atoms with E-state index in [0.29, 0.717) is 13.2 Å². The van der Waals surface area contributed by atoms with Gasteiger partial charge in [0.15, 0.2) is 5.96 Å². The predicted molar refractivity (Wildman–Crippen MR) is 57.3 cm³/mol. The van der Waals surface area contributed by atoms with Crippen molar-refractivity contribution in [3.8, 4) is 0 Å². The van der Waals surface area contributed by atoms with E-state index in [4.69, 9.17) is 21.6 Å². The summed E-state index contributed by atoms with van der Waals surface area (Å²) in [7, 11) is 1.61. The van der Waals surface area contributed by atoms with E-state index in [1.807, 2.05) is 13.8 Å². The van der Waals surface area contributed by atoms with Crippen molar-refractivity contribution in [2.45, 2.75) is 19.9 Å². The topological polar surface area (TPSA) is 101 Å². The molecule has 0 rings (SSSR count). The molecular formula is C8H19N5O. The Balaban J connectivity index is 4.34. The van der Waals surface area contributed by atoms with Gasteiger partial charge in [-0.25, -0.2) is 0 Å². The van der Waals surface area contributed by atoms with Crippen LogP contribution in [0, 0.1) is 5.41 Å². The van der Waals surface area contributed by atoms with Gasteiger partial charge in [0, 0.05) is 19.7 Å². The van der Waals surface area contributed by atoms with Gasteiger partial charge in [0.25, 0.3) is 0 Å². The van der Waals surface area contributed by atoms with Crippen molar-refractivity contribution in [1.29, 1.82) is 5.41 Å². The minimum absolute atomic E-state index is 0.0667. The van der Waals surface area contributed by atoms with E-state index in [9.17, 15) is 0 Å². The van der Waals surface area contributed by atoms with E-state index in [1.54, 1.807) is 12.0 Å². The first kappa shape index (κ1) is 12.7. The van der Waals surface area contributed by atoms with Gasteiger partial charge in [-0.2, -0.15) is 4.99 Å². The summed E-state index contributed by atoms with van der Waals surface area (Å²) >= 11 is 0. The van der Waals surface area contributed by atoms with Gasteiger partial charge in [-0.3, -0.25) is 5.41 Å². The molecule has 0 fully saturated rings. The van der Waals surface area contributed by atoms with Gasteiger partial charge in [0.2, 0.25) is 5.96 Å². The van der Waals surface area contributed by atoms with Crippen LogP contribution in [-0.2, 0) is 4.74 Å². The van der Waals surface area contributed by atoms with Gasteiger partial charge < -0.3 is 21.1 Å². The second-order valence-electron chi connectivity index (χ2n) is 3.14. The number of methoxy groups -OCH3 is 1. The molecule has 0 aliphatic carbocycles. The van der Waals surface area contributed by atoms with Crippen LogP contribution in [0.2, 0.25) is 0 Å². The van der Waals surface area contributed by atoms with Crippen LogP contribution in [0.5, 0.6) is 0 Å². The molecule has 0 spiro atoms. The lowest BCUT2D eigenvalue weighted by molar-refractivity contribution is 0.166. The second kappa shape index (κ2) is 6.20. The molecule has 0 saturated carbocycles. The number of aliphatic imine (C=N–C) groups is 1. The summed E-state index contributed by atoms with van der Waals surface area (Å²) in [5, 5.41) is 7.61. The SMILES string of the molecule is COCCN(C(=N)N=C(N)N)C(C)C. The second-order valence-corrected chi connectivity index (χ2v) is 3.14. The molecule has 6 heteroatoms. The number of hydrogen-bond donors (Lipinski definition) is 3. The highest BCUT2D eigenvalue weighted by Gasteiger charge is 2.12. The van der Waals surface area contributed by atoms with Crippen molar-refractivity contribution >= 4 is 11.9 Å². The molecule has 0 heterocycles.